The van der Waals surface area contributed by atoms with Gasteiger partial charge in [0.1, 0.15) is 0 Å². The Morgan fingerprint density at radius 1 is 1.57 bits per heavy atom. The van der Waals surface area contributed by atoms with Crippen LogP contribution in [0.25, 0.3) is 0 Å². The fourth-order valence-corrected chi connectivity index (χ4v) is 1.19. The third kappa shape index (κ3) is 2.13. The van der Waals surface area contributed by atoms with Gasteiger partial charge in [-0.05, 0) is 6.42 Å². The predicted octanol–water partition coefficient (Wildman–Crippen LogP) is 2.45. The lowest BCUT2D eigenvalue weighted by Crippen LogP contribution is -1.99. The average Bonchev–Trinajstić information content (AvgIpc) is 2.49. The fraction of sp³-hybridized carbons (Fsp3) is 0.600. The Morgan fingerprint density at radius 2 is 2.21 bits per heavy atom. The summed E-state index contributed by atoms with van der Waals surface area (Å²) in [7, 11) is 0. The minimum Gasteiger partial charge on any atom is -0.475 e. The van der Waals surface area contributed by atoms with Crippen LogP contribution in [0.15, 0.2) is 4.42 Å². The van der Waals surface area contributed by atoms with E-state index in [9.17, 15) is 4.79 Å². The zero-order chi connectivity index (χ0) is 10.7. The quantitative estimate of drug-likeness (QED) is 0.805. The topological polar surface area (TPSA) is 63.3 Å². The van der Waals surface area contributed by atoms with E-state index in [4.69, 9.17) is 9.52 Å². The Labute approximate surface area is 83.0 Å². The van der Waals surface area contributed by atoms with Gasteiger partial charge < -0.3 is 9.52 Å². The first kappa shape index (κ1) is 10.8. The fourth-order valence-electron chi connectivity index (χ4n) is 1.19. The van der Waals surface area contributed by atoms with Crippen molar-refractivity contribution in [2.75, 3.05) is 0 Å². The average molecular weight is 197 g/mol. The van der Waals surface area contributed by atoms with Gasteiger partial charge in [0, 0.05) is 5.92 Å². The SMILES string of the molecule is CCCc1nc(C(C)C)oc1C(=O)O. The number of rotatable bonds is 4. The highest BCUT2D eigenvalue weighted by Crippen LogP contribution is 2.19. The second-order valence-corrected chi connectivity index (χ2v) is 3.54. The summed E-state index contributed by atoms with van der Waals surface area (Å²) < 4.78 is 5.18. The van der Waals surface area contributed by atoms with E-state index in [-0.39, 0.29) is 11.7 Å². The number of aryl methyl sites for hydroxylation is 1. The van der Waals surface area contributed by atoms with Crippen LogP contribution >= 0.6 is 0 Å². The molecular weight excluding hydrogens is 182 g/mol. The van der Waals surface area contributed by atoms with E-state index >= 15 is 0 Å². The minimum absolute atomic E-state index is 0.00412. The number of aromatic carboxylic acids is 1. The van der Waals surface area contributed by atoms with E-state index in [1.807, 2.05) is 20.8 Å². The molecule has 0 aliphatic carbocycles. The molecule has 0 saturated carbocycles. The van der Waals surface area contributed by atoms with Gasteiger partial charge in [-0.25, -0.2) is 9.78 Å². The third-order valence-corrected chi connectivity index (χ3v) is 1.89. The van der Waals surface area contributed by atoms with E-state index in [1.54, 1.807) is 0 Å². The Bertz CT molecular complexity index is 328. The summed E-state index contributed by atoms with van der Waals surface area (Å²) in [5.74, 6) is -0.409. The van der Waals surface area contributed by atoms with E-state index in [2.05, 4.69) is 4.98 Å². The Kier molecular flexibility index (Phi) is 3.28. The molecule has 4 nitrogen and oxygen atoms in total. The van der Waals surface area contributed by atoms with Crippen LogP contribution < -0.4 is 0 Å². The molecular formula is C10H15NO3. The van der Waals surface area contributed by atoms with E-state index < -0.39 is 5.97 Å². The van der Waals surface area contributed by atoms with Crippen LogP contribution in [-0.4, -0.2) is 16.1 Å². The number of aromatic nitrogens is 1. The Hall–Kier alpha value is -1.32. The molecule has 0 aromatic carbocycles. The third-order valence-electron chi connectivity index (χ3n) is 1.89. The van der Waals surface area contributed by atoms with Crippen molar-refractivity contribution in [3.8, 4) is 0 Å². The molecule has 0 unspecified atom stereocenters. The number of oxazole rings is 1. The van der Waals surface area contributed by atoms with Crippen molar-refractivity contribution in [3.63, 3.8) is 0 Å². The summed E-state index contributed by atoms with van der Waals surface area (Å²) in [4.78, 5) is 15.0. The molecule has 0 saturated heterocycles. The number of nitrogens with zero attached hydrogens (tertiary/aromatic N) is 1. The molecule has 1 aromatic rings. The molecule has 0 spiro atoms. The molecule has 0 fully saturated rings. The lowest BCUT2D eigenvalue weighted by atomic mass is 10.2. The maximum Gasteiger partial charge on any atom is 0.373 e. The van der Waals surface area contributed by atoms with Crippen molar-refractivity contribution in [1.29, 1.82) is 0 Å². The minimum atomic E-state index is -1.03. The van der Waals surface area contributed by atoms with Crippen LogP contribution in [0.3, 0.4) is 0 Å². The van der Waals surface area contributed by atoms with Crippen LogP contribution in [-0.2, 0) is 6.42 Å². The number of hydrogen-bond acceptors (Lipinski definition) is 3. The van der Waals surface area contributed by atoms with Gasteiger partial charge in [-0.2, -0.15) is 0 Å². The second kappa shape index (κ2) is 4.26. The van der Waals surface area contributed by atoms with Crippen molar-refractivity contribution < 1.29 is 14.3 Å². The van der Waals surface area contributed by atoms with Gasteiger partial charge in [-0.15, -0.1) is 0 Å². The molecule has 4 heteroatoms. The van der Waals surface area contributed by atoms with Gasteiger partial charge in [0.15, 0.2) is 5.89 Å². The molecule has 0 bridgehead atoms. The maximum absolute atomic E-state index is 10.8. The summed E-state index contributed by atoms with van der Waals surface area (Å²) in [5.41, 5.74) is 0.559. The van der Waals surface area contributed by atoms with Crippen LogP contribution in [0.1, 0.15) is 55.2 Å². The molecule has 0 radical (unpaired) electrons. The predicted molar refractivity (Wildman–Crippen MR) is 51.5 cm³/mol. The zero-order valence-electron chi connectivity index (χ0n) is 8.70. The normalized spacial score (nSPS) is 10.9. The van der Waals surface area contributed by atoms with Gasteiger partial charge >= 0.3 is 5.97 Å². The Morgan fingerprint density at radius 3 is 2.64 bits per heavy atom. The first-order valence-electron chi connectivity index (χ1n) is 4.79. The van der Waals surface area contributed by atoms with Crippen molar-refractivity contribution in [2.24, 2.45) is 0 Å². The maximum atomic E-state index is 10.8. The van der Waals surface area contributed by atoms with Crippen molar-refractivity contribution >= 4 is 5.97 Å². The molecule has 1 heterocycles. The number of carboxylic acids is 1. The Balaban J connectivity index is 3.05. The van der Waals surface area contributed by atoms with Crippen molar-refractivity contribution in [2.45, 2.75) is 39.5 Å². The molecule has 1 rings (SSSR count). The molecule has 0 amide bonds. The van der Waals surface area contributed by atoms with Gasteiger partial charge in [0.2, 0.25) is 5.76 Å². The van der Waals surface area contributed by atoms with Gasteiger partial charge in [0.05, 0.1) is 5.69 Å². The lowest BCUT2D eigenvalue weighted by molar-refractivity contribution is 0.0658. The highest BCUT2D eigenvalue weighted by Gasteiger charge is 2.19. The number of carboxylic acid groups (broad SMARTS) is 1. The van der Waals surface area contributed by atoms with Gasteiger partial charge in [-0.3, -0.25) is 0 Å². The van der Waals surface area contributed by atoms with E-state index in [1.165, 1.54) is 0 Å². The largest absolute Gasteiger partial charge is 0.475 e. The molecule has 0 aliphatic heterocycles. The molecule has 1 aromatic heterocycles. The molecule has 0 atom stereocenters. The summed E-state index contributed by atoms with van der Waals surface area (Å²) in [6, 6.07) is 0. The summed E-state index contributed by atoms with van der Waals surface area (Å²) in [5, 5.41) is 8.85. The number of carbonyl (C=O) groups is 1. The smallest absolute Gasteiger partial charge is 0.373 e. The van der Waals surface area contributed by atoms with Crippen molar-refractivity contribution in [1.82, 2.24) is 4.98 Å². The lowest BCUT2D eigenvalue weighted by Gasteiger charge is -1.94. The van der Waals surface area contributed by atoms with Gasteiger partial charge in [-0.1, -0.05) is 27.2 Å². The monoisotopic (exact) mass is 197 g/mol. The van der Waals surface area contributed by atoms with Gasteiger partial charge in [0.25, 0.3) is 0 Å². The second-order valence-electron chi connectivity index (χ2n) is 3.54. The standard InChI is InChI=1S/C10H15NO3/c1-4-5-7-8(10(12)13)14-9(11-7)6(2)3/h6H,4-5H2,1-3H3,(H,12,13). The molecule has 14 heavy (non-hydrogen) atoms. The van der Waals surface area contributed by atoms with E-state index in [0.717, 1.165) is 6.42 Å². The van der Waals surface area contributed by atoms with Crippen LogP contribution in [0.5, 0.6) is 0 Å². The summed E-state index contributed by atoms with van der Waals surface area (Å²) in [6.07, 6.45) is 1.52. The van der Waals surface area contributed by atoms with E-state index in [0.29, 0.717) is 18.0 Å². The zero-order valence-corrected chi connectivity index (χ0v) is 8.70. The highest BCUT2D eigenvalue weighted by atomic mass is 16.4. The van der Waals surface area contributed by atoms with Crippen LogP contribution in [0.4, 0.5) is 0 Å². The summed E-state index contributed by atoms with van der Waals surface area (Å²) in [6.45, 7) is 5.83. The van der Waals surface area contributed by atoms with Crippen molar-refractivity contribution in [3.05, 3.63) is 17.3 Å². The number of hydrogen-bond donors (Lipinski definition) is 1. The highest BCUT2D eigenvalue weighted by molar-refractivity contribution is 5.85. The first-order valence-corrected chi connectivity index (χ1v) is 4.79. The van der Waals surface area contributed by atoms with Crippen LogP contribution in [0.2, 0.25) is 0 Å². The first-order chi connectivity index (χ1) is 6.56. The molecule has 1 N–H and O–H groups in total. The molecule has 78 valence electrons. The van der Waals surface area contributed by atoms with Crippen LogP contribution in [0, 0.1) is 0 Å². The molecule has 0 aliphatic rings. The summed E-state index contributed by atoms with van der Waals surface area (Å²) >= 11 is 0.